The molecule has 1 atom stereocenters. The summed E-state index contributed by atoms with van der Waals surface area (Å²) in [4.78, 5) is 11.4. The van der Waals surface area contributed by atoms with Crippen molar-refractivity contribution in [3.63, 3.8) is 0 Å². The molecule has 2 rings (SSSR count). The van der Waals surface area contributed by atoms with Crippen molar-refractivity contribution in [2.45, 2.75) is 4.90 Å². The summed E-state index contributed by atoms with van der Waals surface area (Å²) in [6.45, 7) is 0. The lowest BCUT2D eigenvalue weighted by atomic mass is 10.2. The number of carbonyl (C=O) groups excluding carboxylic acids is 1. The van der Waals surface area contributed by atoms with Gasteiger partial charge in [0.2, 0.25) is 0 Å². The van der Waals surface area contributed by atoms with Crippen molar-refractivity contribution in [3.05, 3.63) is 29.8 Å². The van der Waals surface area contributed by atoms with E-state index in [0.717, 1.165) is 0 Å². The average molecular weight is 182 g/mol. The topological polar surface area (TPSA) is 43.4 Å². The average Bonchev–Trinajstić information content (AvgIpc) is 2.25. The van der Waals surface area contributed by atoms with E-state index in [4.69, 9.17) is 0 Å². The van der Waals surface area contributed by atoms with Gasteiger partial charge in [-0.15, -0.1) is 0 Å². The van der Waals surface area contributed by atoms with Crippen molar-refractivity contribution in [1.82, 2.24) is 0 Å². The monoisotopic (exact) mass is 182 g/mol. The van der Waals surface area contributed by atoms with E-state index in [1.807, 2.05) is 0 Å². The van der Waals surface area contributed by atoms with Gasteiger partial charge in [0, 0.05) is 0 Å². The van der Waals surface area contributed by atoms with E-state index in [1.165, 1.54) is 0 Å². The highest BCUT2D eigenvalue weighted by atomic mass is 32.2. The Morgan fingerprint density at radius 2 is 2.00 bits per heavy atom. The predicted molar refractivity (Wildman–Crippen MR) is 45.4 cm³/mol. The number of hydrogen-bond donors (Lipinski definition) is 0. The highest BCUT2D eigenvalue weighted by Gasteiger charge is 2.29. The Kier molecular flexibility index (Phi) is 1.29. The van der Waals surface area contributed by atoms with E-state index in [9.17, 15) is 9.00 Å². The summed E-state index contributed by atoms with van der Waals surface area (Å²) in [5, 5.41) is 0. The van der Waals surface area contributed by atoms with Gasteiger partial charge in [0.1, 0.15) is 0 Å². The molecule has 1 aromatic rings. The molecule has 12 heavy (non-hydrogen) atoms. The van der Waals surface area contributed by atoms with Gasteiger partial charge in [-0.1, -0.05) is 12.1 Å². The maximum atomic E-state index is 11.5. The Morgan fingerprint density at radius 3 is 2.67 bits per heavy atom. The van der Waals surface area contributed by atoms with Crippen molar-refractivity contribution in [2.24, 2.45) is 0 Å². The first kappa shape index (κ1) is 7.36. The predicted octanol–water partition coefficient (Wildman–Crippen LogP) is 0.847. The number of carbonyl (C=O) groups is 1. The quantitative estimate of drug-likeness (QED) is 0.558. The van der Waals surface area contributed by atoms with Gasteiger partial charge >= 0.3 is 5.97 Å². The summed E-state index contributed by atoms with van der Waals surface area (Å²) < 4.78 is 16.1. The number of benzene rings is 1. The lowest BCUT2D eigenvalue weighted by Crippen LogP contribution is -1.98. The molecule has 1 heterocycles. The van der Waals surface area contributed by atoms with E-state index < -0.39 is 15.8 Å². The summed E-state index contributed by atoms with van der Waals surface area (Å²) in [6.07, 6.45) is 0. The van der Waals surface area contributed by atoms with Crippen LogP contribution < -0.4 is 0 Å². The first-order valence-corrected chi connectivity index (χ1v) is 4.96. The van der Waals surface area contributed by atoms with Crippen molar-refractivity contribution in [3.8, 4) is 0 Å². The minimum Gasteiger partial charge on any atom is -0.366 e. The first-order valence-electron chi connectivity index (χ1n) is 3.31. The molecule has 62 valence electrons. The summed E-state index contributed by atoms with van der Waals surface area (Å²) in [7, 11) is -2.80. The van der Waals surface area contributed by atoms with Crippen molar-refractivity contribution in [2.75, 3.05) is 0 Å². The largest absolute Gasteiger partial charge is 0.366 e. The summed E-state index contributed by atoms with van der Waals surface area (Å²) in [5.74, 6) is 2.80. The lowest BCUT2D eigenvalue weighted by molar-refractivity contribution is 0.0770. The van der Waals surface area contributed by atoms with Gasteiger partial charge < -0.3 is 4.18 Å². The SMILES string of the molecule is C=S1(=O)OC(=O)c2ccccc21. The second kappa shape index (κ2) is 2.10. The molecule has 1 aliphatic heterocycles. The van der Waals surface area contributed by atoms with Gasteiger partial charge in [0.15, 0.2) is 9.80 Å². The Labute approximate surface area is 70.2 Å². The molecule has 0 aliphatic carbocycles. The third-order valence-electron chi connectivity index (χ3n) is 1.65. The molecule has 0 amide bonds. The molecular weight excluding hydrogens is 176 g/mol. The fourth-order valence-corrected chi connectivity index (χ4v) is 2.31. The normalized spacial score (nSPS) is 26.5. The highest BCUT2D eigenvalue weighted by Crippen LogP contribution is 2.26. The Hall–Kier alpha value is -1.29. The fourth-order valence-electron chi connectivity index (χ4n) is 1.12. The Bertz CT molecular complexity index is 445. The Balaban J connectivity index is 2.83. The third kappa shape index (κ3) is 0.848. The zero-order valence-corrected chi connectivity index (χ0v) is 6.97. The molecule has 1 aromatic carbocycles. The van der Waals surface area contributed by atoms with Crippen LogP contribution in [0.25, 0.3) is 0 Å². The molecule has 0 radical (unpaired) electrons. The zero-order valence-electron chi connectivity index (χ0n) is 6.15. The fraction of sp³-hybridized carbons (Fsp3) is 0. The summed E-state index contributed by atoms with van der Waals surface area (Å²) in [6, 6.07) is 6.57. The zero-order chi connectivity index (χ0) is 8.77. The van der Waals surface area contributed by atoms with Crippen LogP contribution in [0, 0.1) is 0 Å². The molecule has 0 N–H and O–H groups in total. The molecule has 0 bridgehead atoms. The smallest absolute Gasteiger partial charge is 0.353 e. The minimum absolute atomic E-state index is 0.359. The van der Waals surface area contributed by atoms with Crippen LogP contribution in [0.4, 0.5) is 0 Å². The summed E-state index contributed by atoms with van der Waals surface area (Å²) >= 11 is 0. The first-order chi connectivity index (χ1) is 5.61. The van der Waals surface area contributed by atoms with E-state index in [1.54, 1.807) is 24.3 Å². The van der Waals surface area contributed by atoms with E-state index in [-0.39, 0.29) is 0 Å². The second-order valence-corrected chi connectivity index (χ2v) is 4.32. The van der Waals surface area contributed by atoms with Crippen LogP contribution in [0.2, 0.25) is 0 Å². The molecule has 4 heteroatoms. The van der Waals surface area contributed by atoms with Crippen LogP contribution in [-0.4, -0.2) is 16.0 Å². The molecular formula is C8H6O3S. The van der Waals surface area contributed by atoms with E-state index in [2.05, 4.69) is 10.1 Å². The van der Waals surface area contributed by atoms with E-state index in [0.29, 0.717) is 10.5 Å². The summed E-state index contributed by atoms with van der Waals surface area (Å²) in [5.41, 5.74) is 0.359. The third-order valence-corrected chi connectivity index (χ3v) is 3.10. The van der Waals surface area contributed by atoms with E-state index >= 15 is 0 Å². The van der Waals surface area contributed by atoms with Gasteiger partial charge in [-0.3, -0.25) is 0 Å². The molecule has 1 unspecified atom stereocenters. The molecule has 0 spiro atoms. The molecule has 1 aliphatic rings. The maximum absolute atomic E-state index is 11.5. The van der Waals surface area contributed by atoms with Gasteiger partial charge in [-0.2, -0.15) is 0 Å². The van der Waals surface area contributed by atoms with Crippen molar-refractivity contribution < 1.29 is 13.2 Å². The van der Waals surface area contributed by atoms with Gasteiger partial charge in [-0.25, -0.2) is 9.00 Å². The van der Waals surface area contributed by atoms with Gasteiger partial charge in [0.05, 0.1) is 10.5 Å². The molecule has 0 fully saturated rings. The number of fused-ring (bicyclic) bond motifs is 1. The van der Waals surface area contributed by atoms with Gasteiger partial charge in [0.25, 0.3) is 0 Å². The van der Waals surface area contributed by atoms with Crippen LogP contribution in [0.15, 0.2) is 29.2 Å². The molecule has 3 nitrogen and oxygen atoms in total. The Morgan fingerprint density at radius 1 is 1.33 bits per heavy atom. The molecule has 0 saturated heterocycles. The molecule has 0 aromatic heterocycles. The number of hydrogen-bond acceptors (Lipinski definition) is 3. The number of rotatable bonds is 0. The van der Waals surface area contributed by atoms with Crippen LogP contribution >= 0.6 is 0 Å². The molecule has 0 saturated carbocycles. The van der Waals surface area contributed by atoms with Crippen molar-refractivity contribution >= 4 is 21.6 Å². The van der Waals surface area contributed by atoms with Gasteiger partial charge in [-0.05, 0) is 18.0 Å². The standard InChI is InChI=1S/C8H6O3S/c1-12(10)7-5-3-2-4-6(7)8(9)11-12/h2-5H,1H2. The minimum atomic E-state index is -2.80. The second-order valence-electron chi connectivity index (χ2n) is 2.48. The van der Waals surface area contributed by atoms with Crippen LogP contribution in [0.3, 0.4) is 0 Å². The van der Waals surface area contributed by atoms with Crippen LogP contribution in [0.1, 0.15) is 10.4 Å². The maximum Gasteiger partial charge on any atom is 0.353 e. The van der Waals surface area contributed by atoms with Crippen molar-refractivity contribution in [1.29, 1.82) is 0 Å². The lowest BCUT2D eigenvalue weighted by Gasteiger charge is -1.96. The van der Waals surface area contributed by atoms with Crippen LogP contribution in [-0.2, 0) is 14.0 Å². The van der Waals surface area contributed by atoms with Crippen LogP contribution in [0.5, 0.6) is 0 Å². The highest BCUT2D eigenvalue weighted by molar-refractivity contribution is 7.96.